The fourth-order valence-corrected chi connectivity index (χ4v) is 3.80. The van der Waals surface area contributed by atoms with Crippen molar-refractivity contribution in [2.24, 2.45) is 0 Å². The Morgan fingerprint density at radius 3 is 2.59 bits per heavy atom. The highest BCUT2D eigenvalue weighted by Gasteiger charge is 2.18. The first-order valence-corrected chi connectivity index (χ1v) is 7.25. The monoisotopic (exact) mass is 310 g/mol. The molecule has 1 aromatic heterocycles. The van der Waals surface area contributed by atoms with Gasteiger partial charge in [-0.3, -0.25) is 0 Å². The summed E-state index contributed by atoms with van der Waals surface area (Å²) >= 11 is 5.56. The van der Waals surface area contributed by atoms with Gasteiger partial charge in [0, 0.05) is 10.4 Å². The molecule has 1 atom stereocenters. The molecule has 0 aliphatic rings. The molecule has 1 unspecified atom stereocenters. The average Bonchev–Trinajstić information content (AvgIpc) is 2.74. The smallest absolute Gasteiger partial charge is 0.123 e. The molecule has 2 aromatic rings. The lowest BCUT2D eigenvalue weighted by molar-refractivity contribution is 0.410. The Hall–Kier alpha value is -0.800. The zero-order valence-corrected chi connectivity index (χ0v) is 12.6. The molecule has 0 spiro atoms. The summed E-state index contributed by atoms with van der Waals surface area (Å²) in [4.78, 5) is 1.55. The second kappa shape index (κ2) is 5.23. The van der Waals surface area contributed by atoms with Crippen molar-refractivity contribution >= 4 is 27.3 Å². The minimum absolute atomic E-state index is 0.206. The molecule has 1 nitrogen and oxygen atoms in total. The van der Waals surface area contributed by atoms with Gasteiger partial charge in [-0.05, 0) is 36.9 Å². The molecule has 0 aliphatic carbocycles. The molecule has 1 aromatic carbocycles. The molecule has 0 N–H and O–H groups in total. The summed E-state index contributed by atoms with van der Waals surface area (Å²) in [7, 11) is 1.72. The number of halogens is 1. The maximum absolute atomic E-state index is 5.43. The van der Waals surface area contributed by atoms with E-state index in [1.807, 2.05) is 6.07 Å². The van der Waals surface area contributed by atoms with Gasteiger partial charge in [0.05, 0.1) is 11.9 Å². The van der Waals surface area contributed by atoms with Crippen molar-refractivity contribution in [1.29, 1.82) is 0 Å². The van der Waals surface area contributed by atoms with Gasteiger partial charge in [-0.2, -0.15) is 0 Å². The Balaban J connectivity index is 2.46. The van der Waals surface area contributed by atoms with E-state index in [0.29, 0.717) is 0 Å². The van der Waals surface area contributed by atoms with Crippen LogP contribution in [0.4, 0.5) is 0 Å². The van der Waals surface area contributed by atoms with E-state index in [4.69, 9.17) is 4.74 Å². The number of aryl methyl sites for hydroxylation is 2. The van der Waals surface area contributed by atoms with E-state index in [9.17, 15) is 0 Å². The van der Waals surface area contributed by atoms with Gasteiger partial charge >= 0.3 is 0 Å². The molecular formula is C14H15BrOS. The molecule has 3 heteroatoms. The minimum Gasteiger partial charge on any atom is -0.496 e. The van der Waals surface area contributed by atoms with Crippen LogP contribution >= 0.6 is 27.3 Å². The van der Waals surface area contributed by atoms with Gasteiger partial charge in [-0.25, -0.2) is 0 Å². The van der Waals surface area contributed by atoms with Crippen molar-refractivity contribution in [2.45, 2.75) is 18.7 Å². The highest BCUT2D eigenvalue weighted by molar-refractivity contribution is 9.09. The van der Waals surface area contributed by atoms with E-state index in [1.54, 1.807) is 18.4 Å². The van der Waals surface area contributed by atoms with Crippen LogP contribution in [0.1, 0.15) is 26.4 Å². The summed E-state index contributed by atoms with van der Waals surface area (Å²) in [6.45, 7) is 4.24. The number of hydrogen-bond donors (Lipinski definition) is 0. The number of thiophene rings is 1. The van der Waals surface area contributed by atoms with E-state index in [2.05, 4.69) is 53.4 Å². The summed E-state index contributed by atoms with van der Waals surface area (Å²) in [6, 6.07) is 8.43. The van der Waals surface area contributed by atoms with E-state index >= 15 is 0 Å². The number of rotatable bonds is 3. The molecule has 0 aliphatic heterocycles. The highest BCUT2D eigenvalue weighted by Crippen LogP contribution is 2.40. The van der Waals surface area contributed by atoms with Gasteiger partial charge in [-0.15, -0.1) is 11.3 Å². The maximum Gasteiger partial charge on any atom is 0.123 e. The predicted octanol–water partition coefficient (Wildman–Crippen LogP) is 4.86. The van der Waals surface area contributed by atoms with Gasteiger partial charge in [0.15, 0.2) is 0 Å². The zero-order chi connectivity index (χ0) is 12.4. The summed E-state index contributed by atoms with van der Waals surface area (Å²) in [5, 5.41) is 2.13. The van der Waals surface area contributed by atoms with Crippen molar-refractivity contribution in [2.75, 3.05) is 7.11 Å². The minimum atomic E-state index is 0.206. The number of methoxy groups -OCH3 is 1. The van der Waals surface area contributed by atoms with Crippen LogP contribution in [0.5, 0.6) is 5.75 Å². The third kappa shape index (κ3) is 2.55. The van der Waals surface area contributed by atoms with Crippen LogP contribution in [0.15, 0.2) is 29.6 Å². The molecular weight excluding hydrogens is 296 g/mol. The third-order valence-electron chi connectivity index (χ3n) is 2.79. The molecule has 90 valence electrons. The number of ether oxygens (including phenoxy) is 1. The molecule has 0 radical (unpaired) electrons. The van der Waals surface area contributed by atoms with Crippen molar-refractivity contribution in [3.8, 4) is 5.75 Å². The molecule has 1 heterocycles. The van der Waals surface area contributed by atoms with Crippen LogP contribution in [-0.4, -0.2) is 7.11 Å². The molecule has 0 amide bonds. The van der Waals surface area contributed by atoms with E-state index in [0.717, 1.165) is 5.75 Å². The molecule has 2 rings (SSSR count). The number of hydrogen-bond acceptors (Lipinski definition) is 2. The summed E-state index contributed by atoms with van der Waals surface area (Å²) in [5.74, 6) is 0.935. The SMILES string of the molecule is COc1ccc(C)cc1C(Br)c1sccc1C. The zero-order valence-electron chi connectivity index (χ0n) is 10.2. The first-order valence-electron chi connectivity index (χ1n) is 5.46. The summed E-state index contributed by atoms with van der Waals surface area (Å²) < 4.78 is 5.43. The fraction of sp³-hybridized carbons (Fsp3) is 0.286. The van der Waals surface area contributed by atoms with Gasteiger partial charge in [0.2, 0.25) is 0 Å². The third-order valence-corrected chi connectivity index (χ3v) is 5.13. The van der Waals surface area contributed by atoms with Crippen molar-refractivity contribution in [3.05, 3.63) is 51.2 Å². The van der Waals surface area contributed by atoms with Gasteiger partial charge in [0.1, 0.15) is 5.75 Å². The topological polar surface area (TPSA) is 9.23 Å². The lowest BCUT2D eigenvalue weighted by atomic mass is 10.1. The van der Waals surface area contributed by atoms with Gasteiger partial charge < -0.3 is 4.74 Å². The standard InChI is InChI=1S/C14H15BrOS/c1-9-4-5-12(16-3)11(8-9)13(15)14-10(2)6-7-17-14/h4-8,13H,1-3H3. The van der Waals surface area contributed by atoms with Gasteiger partial charge in [0.25, 0.3) is 0 Å². The first kappa shape index (κ1) is 12.7. The van der Waals surface area contributed by atoms with Crippen LogP contribution in [0, 0.1) is 13.8 Å². The van der Waals surface area contributed by atoms with E-state index in [-0.39, 0.29) is 4.83 Å². The van der Waals surface area contributed by atoms with Crippen molar-refractivity contribution in [3.63, 3.8) is 0 Å². The first-order chi connectivity index (χ1) is 8.13. The number of benzene rings is 1. The summed E-state index contributed by atoms with van der Waals surface area (Å²) in [6.07, 6.45) is 0. The Kier molecular flexibility index (Phi) is 3.89. The molecule has 0 saturated heterocycles. The molecule has 0 fully saturated rings. The number of alkyl halides is 1. The van der Waals surface area contributed by atoms with E-state index in [1.165, 1.54) is 21.6 Å². The average molecular weight is 311 g/mol. The molecule has 17 heavy (non-hydrogen) atoms. The van der Waals surface area contributed by atoms with Crippen LogP contribution in [-0.2, 0) is 0 Å². The van der Waals surface area contributed by atoms with Crippen LogP contribution in [0.2, 0.25) is 0 Å². The Morgan fingerprint density at radius 2 is 2.00 bits per heavy atom. The predicted molar refractivity (Wildman–Crippen MR) is 77.6 cm³/mol. The second-order valence-corrected chi connectivity index (χ2v) is 5.94. The van der Waals surface area contributed by atoms with Gasteiger partial charge in [-0.1, -0.05) is 33.6 Å². The highest BCUT2D eigenvalue weighted by atomic mass is 79.9. The van der Waals surface area contributed by atoms with Crippen LogP contribution in [0.3, 0.4) is 0 Å². The fourth-order valence-electron chi connectivity index (χ4n) is 1.84. The quantitative estimate of drug-likeness (QED) is 0.736. The van der Waals surface area contributed by atoms with Crippen molar-refractivity contribution in [1.82, 2.24) is 0 Å². The van der Waals surface area contributed by atoms with Crippen LogP contribution < -0.4 is 4.74 Å². The molecule has 0 bridgehead atoms. The van der Waals surface area contributed by atoms with Crippen LogP contribution in [0.25, 0.3) is 0 Å². The Morgan fingerprint density at radius 1 is 1.24 bits per heavy atom. The second-order valence-electron chi connectivity index (χ2n) is 4.08. The maximum atomic E-state index is 5.43. The Labute approximate surface area is 115 Å². The molecule has 0 saturated carbocycles. The lowest BCUT2D eigenvalue weighted by Crippen LogP contribution is -1.97. The van der Waals surface area contributed by atoms with Crippen molar-refractivity contribution < 1.29 is 4.74 Å². The summed E-state index contributed by atoms with van der Waals surface area (Å²) in [5.41, 5.74) is 3.76. The Bertz CT molecular complexity index is 519. The normalized spacial score (nSPS) is 12.5. The lowest BCUT2D eigenvalue weighted by Gasteiger charge is -2.15. The van der Waals surface area contributed by atoms with E-state index < -0.39 is 0 Å². The largest absolute Gasteiger partial charge is 0.496 e.